The number of hydrogen-bond acceptors (Lipinski definition) is 10. The lowest BCUT2D eigenvalue weighted by molar-refractivity contribution is -0.870. The third kappa shape index (κ3) is 24.0. The number of allylic oxidation sites excluding steroid dienone is 1. The van der Waals surface area contributed by atoms with Gasteiger partial charge in [0.2, 0.25) is 0 Å². The lowest BCUT2D eigenvalue weighted by Gasteiger charge is -2.28. The van der Waals surface area contributed by atoms with E-state index in [0.29, 0.717) is 36.1 Å². The molecule has 12 heteroatoms. The summed E-state index contributed by atoms with van der Waals surface area (Å²) in [5.41, 5.74) is 2.57. The molecule has 1 fully saturated rings. The monoisotopic (exact) mass is 812 g/mol. The van der Waals surface area contributed by atoms with Crippen LogP contribution in [0, 0.1) is 13.8 Å². The third-order valence-electron chi connectivity index (χ3n) is 10.4. The molecule has 2 rings (SSSR count). The highest BCUT2D eigenvalue weighted by atomic mass is 31.2. The maximum atomic E-state index is 12.7. The van der Waals surface area contributed by atoms with Crippen LogP contribution in [-0.4, -0.2) is 82.2 Å². The second kappa shape index (κ2) is 28.4. The average molecular weight is 812 g/mol. The van der Waals surface area contributed by atoms with Crippen LogP contribution < -0.4 is 4.89 Å². The van der Waals surface area contributed by atoms with Crippen LogP contribution in [0.5, 0.6) is 0 Å². The SMILES string of the molecule is CCCCCC1OC1C/C=C\CCCCCCCC(=O)OC[C@H](COP(=O)([O-])OCC[N+](C)(C)C)OC(=O)CCCCCCCCc1oc(CCC)c(C)c1C. The molecule has 3 unspecified atom stereocenters. The minimum atomic E-state index is -4.64. The summed E-state index contributed by atoms with van der Waals surface area (Å²) in [5, 5.41) is 0. The number of quaternary nitrogens is 1. The average Bonchev–Trinajstić information content (AvgIpc) is 3.84. The van der Waals surface area contributed by atoms with Crippen LogP contribution in [0.2, 0.25) is 0 Å². The second-order valence-electron chi connectivity index (χ2n) is 16.7. The molecule has 0 bridgehead atoms. The molecular weight excluding hydrogens is 733 g/mol. The maximum Gasteiger partial charge on any atom is 0.306 e. The second-order valence-corrected chi connectivity index (χ2v) is 18.1. The molecule has 0 saturated carbocycles. The lowest BCUT2D eigenvalue weighted by atomic mass is 10.0. The zero-order valence-corrected chi connectivity index (χ0v) is 37.1. The van der Waals surface area contributed by atoms with Gasteiger partial charge in [0.25, 0.3) is 7.82 Å². The number of phosphoric ester groups is 1. The molecule has 1 aliphatic heterocycles. The van der Waals surface area contributed by atoms with E-state index in [1.54, 1.807) is 0 Å². The highest BCUT2D eigenvalue weighted by Gasteiger charge is 2.36. The van der Waals surface area contributed by atoms with E-state index in [9.17, 15) is 19.0 Å². The van der Waals surface area contributed by atoms with Crippen LogP contribution in [0.15, 0.2) is 16.6 Å². The van der Waals surface area contributed by atoms with Gasteiger partial charge in [0, 0.05) is 25.7 Å². The van der Waals surface area contributed by atoms with Crippen molar-refractivity contribution < 1.29 is 51.2 Å². The first-order chi connectivity index (χ1) is 26.7. The Bertz CT molecular complexity index is 1310. The fourth-order valence-electron chi connectivity index (χ4n) is 6.59. The Kier molecular flexibility index (Phi) is 25.4. The quantitative estimate of drug-likeness (QED) is 0.0163. The van der Waals surface area contributed by atoms with Crippen molar-refractivity contribution in [3.05, 3.63) is 34.8 Å². The van der Waals surface area contributed by atoms with E-state index >= 15 is 0 Å². The number of rotatable bonds is 35. The van der Waals surface area contributed by atoms with Gasteiger partial charge in [-0.15, -0.1) is 0 Å². The van der Waals surface area contributed by atoms with Crippen molar-refractivity contribution >= 4 is 19.8 Å². The smallest absolute Gasteiger partial charge is 0.306 e. The molecule has 0 spiro atoms. The summed E-state index contributed by atoms with van der Waals surface area (Å²) >= 11 is 0. The number of furan rings is 1. The molecule has 1 saturated heterocycles. The van der Waals surface area contributed by atoms with E-state index in [1.165, 1.54) is 36.8 Å². The van der Waals surface area contributed by atoms with E-state index in [2.05, 4.69) is 39.8 Å². The summed E-state index contributed by atoms with van der Waals surface area (Å²) < 4.78 is 45.8. The molecule has 4 atom stereocenters. The van der Waals surface area contributed by atoms with Gasteiger partial charge in [-0.2, -0.15) is 0 Å². The van der Waals surface area contributed by atoms with Crippen LogP contribution in [0.25, 0.3) is 0 Å². The van der Waals surface area contributed by atoms with Crippen LogP contribution in [0.3, 0.4) is 0 Å². The van der Waals surface area contributed by atoms with Gasteiger partial charge in [-0.05, 0) is 76.3 Å². The number of carbonyl (C=O) groups is 2. The first kappa shape index (κ1) is 50.1. The van der Waals surface area contributed by atoms with E-state index in [0.717, 1.165) is 101 Å². The van der Waals surface area contributed by atoms with Crippen molar-refractivity contribution in [1.29, 1.82) is 0 Å². The molecule has 1 aromatic heterocycles. The summed E-state index contributed by atoms with van der Waals surface area (Å²) in [6, 6.07) is 0. The first-order valence-electron chi connectivity index (χ1n) is 21.9. The number of carbonyl (C=O) groups excluding carboxylic acids is 2. The van der Waals surface area contributed by atoms with Crippen molar-refractivity contribution in [2.45, 2.75) is 187 Å². The molecule has 11 nitrogen and oxygen atoms in total. The Balaban J connectivity index is 1.64. The standard InChI is InChI=1S/C44H78NO10P/c1-8-10-21-28-41-42(55-41)29-23-18-13-11-12-14-19-24-30-43(46)50-34-38(35-52-56(48,49)51-33-32-45(5,6)7)53-44(47)31-25-20-16-15-17-22-27-40-37(4)36(3)39(54-40)26-9-2/h18,23,38,41-42H,8-17,19-22,24-35H2,1-7H3/b23-18-/t38-,41?,42?/m1/s1. The van der Waals surface area contributed by atoms with Gasteiger partial charge in [-0.1, -0.05) is 90.2 Å². The van der Waals surface area contributed by atoms with E-state index < -0.39 is 32.5 Å². The minimum Gasteiger partial charge on any atom is -0.756 e. The van der Waals surface area contributed by atoms with Gasteiger partial charge in [-0.25, -0.2) is 0 Å². The number of aryl methyl sites for hydroxylation is 2. The number of likely N-dealkylation sites (N-methyl/N-ethyl adjacent to an activating group) is 1. The number of ether oxygens (including phenoxy) is 3. The molecule has 0 amide bonds. The summed E-state index contributed by atoms with van der Waals surface area (Å²) in [7, 11) is 1.12. The van der Waals surface area contributed by atoms with E-state index in [1.807, 2.05) is 21.1 Å². The summed E-state index contributed by atoms with van der Waals surface area (Å²) in [6.45, 7) is 8.33. The number of phosphoric acid groups is 1. The molecule has 0 radical (unpaired) electrons. The number of hydrogen-bond donors (Lipinski definition) is 0. The zero-order valence-electron chi connectivity index (χ0n) is 36.2. The predicted molar refractivity (Wildman–Crippen MR) is 220 cm³/mol. The Morgan fingerprint density at radius 3 is 2.04 bits per heavy atom. The molecule has 0 aromatic carbocycles. The van der Waals surface area contributed by atoms with Gasteiger partial charge in [0.1, 0.15) is 31.3 Å². The first-order valence-corrected chi connectivity index (χ1v) is 23.3. The molecule has 0 aliphatic carbocycles. The van der Waals surface area contributed by atoms with Gasteiger partial charge in [-0.3, -0.25) is 14.2 Å². The largest absolute Gasteiger partial charge is 0.756 e. The van der Waals surface area contributed by atoms with E-state index in [-0.39, 0.29) is 26.1 Å². The molecule has 0 N–H and O–H groups in total. The molecule has 1 aromatic rings. The van der Waals surface area contributed by atoms with Crippen LogP contribution in [0.4, 0.5) is 0 Å². The van der Waals surface area contributed by atoms with Gasteiger partial charge >= 0.3 is 11.9 Å². The Labute approximate surface area is 339 Å². The third-order valence-corrected chi connectivity index (χ3v) is 11.3. The topological polar surface area (TPSA) is 137 Å². The summed E-state index contributed by atoms with van der Waals surface area (Å²) in [4.78, 5) is 37.7. The van der Waals surface area contributed by atoms with Crippen molar-refractivity contribution in [3.63, 3.8) is 0 Å². The predicted octanol–water partition coefficient (Wildman–Crippen LogP) is 9.81. The Morgan fingerprint density at radius 1 is 0.750 bits per heavy atom. The highest BCUT2D eigenvalue weighted by molar-refractivity contribution is 7.45. The van der Waals surface area contributed by atoms with Crippen molar-refractivity contribution in [2.75, 3.05) is 47.5 Å². The van der Waals surface area contributed by atoms with Crippen molar-refractivity contribution in [3.8, 4) is 0 Å². The Hall–Kier alpha value is -2.01. The van der Waals surface area contributed by atoms with Crippen LogP contribution in [0.1, 0.15) is 165 Å². The van der Waals surface area contributed by atoms with Gasteiger partial charge < -0.3 is 37.1 Å². The molecule has 56 heavy (non-hydrogen) atoms. The number of epoxide rings is 1. The fraction of sp³-hybridized carbons (Fsp3) is 0.818. The fourth-order valence-corrected chi connectivity index (χ4v) is 7.32. The van der Waals surface area contributed by atoms with Crippen molar-refractivity contribution in [2.24, 2.45) is 0 Å². The maximum absolute atomic E-state index is 12.7. The highest BCUT2D eigenvalue weighted by Crippen LogP contribution is 2.38. The number of unbranched alkanes of at least 4 members (excludes halogenated alkanes) is 12. The van der Waals surface area contributed by atoms with Crippen LogP contribution >= 0.6 is 7.82 Å². The molecule has 1 aliphatic rings. The zero-order chi connectivity index (χ0) is 41.2. The van der Waals surface area contributed by atoms with Crippen molar-refractivity contribution in [1.82, 2.24) is 0 Å². The van der Waals surface area contributed by atoms with Gasteiger partial charge in [0.15, 0.2) is 6.10 Å². The number of esters is 2. The van der Waals surface area contributed by atoms with Crippen LogP contribution in [-0.2, 0) is 50.3 Å². The molecule has 2 heterocycles. The normalized spacial score (nSPS) is 17.3. The molecular formula is C44H78NO10P. The van der Waals surface area contributed by atoms with Gasteiger partial charge in [0.05, 0.1) is 40.0 Å². The number of nitrogens with zero attached hydrogens (tertiary/aromatic N) is 1. The lowest BCUT2D eigenvalue weighted by Crippen LogP contribution is -2.37. The minimum absolute atomic E-state index is 0.0437. The summed E-state index contributed by atoms with van der Waals surface area (Å²) in [5.74, 6) is 1.34. The summed E-state index contributed by atoms with van der Waals surface area (Å²) in [6.07, 6.45) is 25.5. The molecule has 324 valence electrons. The Morgan fingerprint density at radius 2 is 1.38 bits per heavy atom. The van der Waals surface area contributed by atoms with E-state index in [4.69, 9.17) is 27.7 Å².